The van der Waals surface area contributed by atoms with Crippen LogP contribution in [-0.2, 0) is 17.8 Å². The second-order valence-electron chi connectivity index (χ2n) is 9.12. The maximum Gasteiger partial charge on any atom is 0.270 e. The monoisotopic (exact) mass is 422 g/mol. The third-order valence-corrected chi connectivity index (χ3v) is 7.32. The molecule has 1 fully saturated rings. The number of rotatable bonds is 5. The van der Waals surface area contributed by atoms with Crippen LogP contribution in [0.1, 0.15) is 54.2 Å². The second kappa shape index (κ2) is 7.23. The van der Waals surface area contributed by atoms with Crippen molar-refractivity contribution in [3.63, 3.8) is 0 Å². The van der Waals surface area contributed by atoms with Crippen LogP contribution >= 0.6 is 11.3 Å². The van der Waals surface area contributed by atoms with Crippen LogP contribution in [0.3, 0.4) is 0 Å². The summed E-state index contributed by atoms with van der Waals surface area (Å²) in [5.74, 6) is 0.697. The molecule has 0 unspecified atom stereocenters. The van der Waals surface area contributed by atoms with Crippen LogP contribution in [0.15, 0.2) is 30.3 Å². The Kier molecular flexibility index (Phi) is 4.65. The zero-order valence-corrected chi connectivity index (χ0v) is 18.1. The maximum atomic E-state index is 13.0. The van der Waals surface area contributed by atoms with Crippen molar-refractivity contribution in [2.24, 2.45) is 11.3 Å². The van der Waals surface area contributed by atoms with Crippen molar-refractivity contribution in [2.75, 3.05) is 11.9 Å². The Hall–Kier alpha value is -2.67. The van der Waals surface area contributed by atoms with E-state index in [0.29, 0.717) is 42.7 Å². The van der Waals surface area contributed by atoms with E-state index < -0.39 is 0 Å². The van der Waals surface area contributed by atoms with Gasteiger partial charge in [0.15, 0.2) is 5.13 Å². The highest BCUT2D eigenvalue weighted by Gasteiger charge is 2.39. The van der Waals surface area contributed by atoms with Gasteiger partial charge in [0.05, 0.1) is 12.2 Å². The summed E-state index contributed by atoms with van der Waals surface area (Å²) >= 11 is 1.49. The molecule has 6 nitrogen and oxygen atoms in total. The molecule has 0 spiro atoms. The predicted octanol–water partition coefficient (Wildman–Crippen LogP) is 4.59. The average molecular weight is 423 g/mol. The molecule has 2 amide bonds. The van der Waals surface area contributed by atoms with Crippen LogP contribution in [0, 0.1) is 11.3 Å². The van der Waals surface area contributed by atoms with Crippen LogP contribution in [0.2, 0.25) is 0 Å². The van der Waals surface area contributed by atoms with Gasteiger partial charge in [-0.3, -0.25) is 9.59 Å². The number of benzene rings is 1. The number of carbonyl (C=O) groups excluding carboxylic acids is 2. The molecular formula is C23H26N4O2S. The Morgan fingerprint density at radius 2 is 2.10 bits per heavy atom. The van der Waals surface area contributed by atoms with Gasteiger partial charge in [-0.1, -0.05) is 43.4 Å². The number of anilines is 1. The van der Waals surface area contributed by atoms with Crippen LogP contribution in [0.4, 0.5) is 5.13 Å². The standard InChI is InChI=1S/C23H26N4O2S/c1-23(2,15-7-8-15)12-20(28)26-22-25-17-9-10-27(13-19(17)30-22)21(29)18-11-14-5-3-4-6-16(14)24-18/h3-6,11,15,24H,7-10,12-13H2,1-2H3,(H,25,26,28). The molecule has 7 heteroatoms. The molecular weight excluding hydrogens is 396 g/mol. The van der Waals surface area contributed by atoms with E-state index in [0.717, 1.165) is 21.5 Å². The van der Waals surface area contributed by atoms with Gasteiger partial charge in [-0.15, -0.1) is 0 Å². The first-order valence-corrected chi connectivity index (χ1v) is 11.4. The fourth-order valence-corrected chi connectivity index (χ4v) is 5.41. The highest BCUT2D eigenvalue weighted by atomic mass is 32.1. The largest absolute Gasteiger partial charge is 0.351 e. The van der Waals surface area contributed by atoms with Crippen molar-refractivity contribution in [1.82, 2.24) is 14.9 Å². The Bertz CT molecular complexity index is 1090. The van der Waals surface area contributed by atoms with Gasteiger partial charge in [-0.2, -0.15) is 0 Å². The van der Waals surface area contributed by atoms with E-state index in [1.54, 1.807) is 0 Å². The number of para-hydroxylation sites is 1. The van der Waals surface area contributed by atoms with E-state index in [1.165, 1.54) is 24.2 Å². The molecule has 1 aromatic carbocycles. The Balaban J connectivity index is 1.26. The summed E-state index contributed by atoms with van der Waals surface area (Å²) in [6, 6.07) is 9.81. The number of thiazole rings is 1. The normalized spacial score (nSPS) is 16.5. The smallest absolute Gasteiger partial charge is 0.270 e. The Morgan fingerprint density at radius 1 is 1.30 bits per heavy atom. The second-order valence-corrected chi connectivity index (χ2v) is 10.2. The highest BCUT2D eigenvalue weighted by Crippen LogP contribution is 2.47. The van der Waals surface area contributed by atoms with Gasteiger partial charge in [0.1, 0.15) is 5.69 Å². The van der Waals surface area contributed by atoms with E-state index >= 15 is 0 Å². The van der Waals surface area contributed by atoms with Crippen molar-refractivity contribution >= 4 is 39.2 Å². The molecule has 30 heavy (non-hydrogen) atoms. The lowest BCUT2D eigenvalue weighted by Gasteiger charge is -2.25. The lowest BCUT2D eigenvalue weighted by Crippen LogP contribution is -2.35. The molecule has 1 aliphatic heterocycles. The molecule has 5 rings (SSSR count). The van der Waals surface area contributed by atoms with Crippen molar-refractivity contribution in [3.8, 4) is 0 Å². The summed E-state index contributed by atoms with van der Waals surface area (Å²) in [5.41, 5.74) is 2.62. The fraction of sp³-hybridized carbons (Fsp3) is 0.435. The molecule has 0 atom stereocenters. The third kappa shape index (κ3) is 3.74. The first kappa shape index (κ1) is 19.3. The van der Waals surface area contributed by atoms with Crippen LogP contribution in [0.5, 0.6) is 0 Å². The number of nitrogens with one attached hydrogen (secondary N) is 2. The Labute approximate surface area is 179 Å². The van der Waals surface area contributed by atoms with Crippen LogP contribution < -0.4 is 5.32 Å². The lowest BCUT2D eigenvalue weighted by atomic mass is 9.83. The summed E-state index contributed by atoms with van der Waals surface area (Å²) in [5, 5.41) is 4.68. The molecule has 3 aromatic rings. The number of fused-ring (bicyclic) bond motifs is 2. The predicted molar refractivity (Wildman–Crippen MR) is 119 cm³/mol. The highest BCUT2D eigenvalue weighted by molar-refractivity contribution is 7.15. The summed E-state index contributed by atoms with van der Waals surface area (Å²) < 4.78 is 0. The van der Waals surface area contributed by atoms with Gasteiger partial charge in [0, 0.05) is 35.2 Å². The number of amides is 2. The zero-order valence-electron chi connectivity index (χ0n) is 17.3. The quantitative estimate of drug-likeness (QED) is 0.631. The van der Waals surface area contributed by atoms with Crippen LogP contribution in [0.25, 0.3) is 10.9 Å². The van der Waals surface area contributed by atoms with Crippen LogP contribution in [-0.4, -0.2) is 33.2 Å². The minimum absolute atomic E-state index is 0.00187. The topological polar surface area (TPSA) is 78.1 Å². The van der Waals surface area contributed by atoms with Gasteiger partial charge in [0.25, 0.3) is 5.91 Å². The molecule has 2 aromatic heterocycles. The zero-order chi connectivity index (χ0) is 20.9. The number of nitrogens with zero attached hydrogens (tertiary/aromatic N) is 2. The van der Waals surface area contributed by atoms with Gasteiger partial charge in [0.2, 0.25) is 5.91 Å². The molecule has 1 aliphatic carbocycles. The number of carbonyl (C=O) groups is 2. The van der Waals surface area contributed by atoms with Gasteiger partial charge in [-0.25, -0.2) is 4.98 Å². The number of aromatic amines is 1. The van der Waals surface area contributed by atoms with Crippen molar-refractivity contribution in [1.29, 1.82) is 0 Å². The van der Waals surface area contributed by atoms with Gasteiger partial charge >= 0.3 is 0 Å². The first-order chi connectivity index (χ1) is 14.4. The maximum absolute atomic E-state index is 13.0. The lowest BCUT2D eigenvalue weighted by molar-refractivity contribution is -0.118. The van der Waals surface area contributed by atoms with Crippen molar-refractivity contribution in [3.05, 3.63) is 46.6 Å². The number of H-pyrrole nitrogens is 1. The van der Waals surface area contributed by atoms with E-state index in [4.69, 9.17) is 0 Å². The van der Waals surface area contributed by atoms with Crippen molar-refractivity contribution < 1.29 is 9.59 Å². The van der Waals surface area contributed by atoms with Gasteiger partial charge < -0.3 is 15.2 Å². The third-order valence-electron chi connectivity index (χ3n) is 6.32. The molecule has 1 saturated carbocycles. The number of hydrogen-bond acceptors (Lipinski definition) is 4. The summed E-state index contributed by atoms with van der Waals surface area (Å²) in [7, 11) is 0. The number of aromatic nitrogens is 2. The molecule has 2 aliphatic rings. The van der Waals surface area contributed by atoms with E-state index in [9.17, 15) is 9.59 Å². The SMILES string of the molecule is CC(C)(CC(=O)Nc1nc2c(s1)CN(C(=O)c1cc3ccccc3[nH]1)CC2)C1CC1. The summed E-state index contributed by atoms with van der Waals surface area (Å²) in [6.45, 7) is 5.51. The summed E-state index contributed by atoms with van der Waals surface area (Å²) in [4.78, 5) is 36.3. The molecule has 0 saturated heterocycles. The van der Waals surface area contributed by atoms with Gasteiger partial charge in [-0.05, 0) is 36.3 Å². The Morgan fingerprint density at radius 3 is 2.87 bits per heavy atom. The summed E-state index contributed by atoms with van der Waals surface area (Å²) in [6.07, 6.45) is 3.69. The van der Waals surface area contributed by atoms with Crippen molar-refractivity contribution in [2.45, 2.75) is 46.1 Å². The fourth-order valence-electron chi connectivity index (χ4n) is 4.37. The van der Waals surface area contributed by atoms with E-state index in [2.05, 4.69) is 29.1 Å². The molecule has 156 valence electrons. The average Bonchev–Trinajstić information content (AvgIpc) is 3.37. The minimum atomic E-state index is 0.00187. The van der Waals surface area contributed by atoms with E-state index in [-0.39, 0.29) is 17.2 Å². The van der Waals surface area contributed by atoms with E-state index in [1.807, 2.05) is 35.2 Å². The first-order valence-electron chi connectivity index (χ1n) is 10.5. The molecule has 3 heterocycles. The molecule has 0 bridgehead atoms. The molecule has 0 radical (unpaired) electrons. The minimum Gasteiger partial charge on any atom is -0.351 e. The molecule has 2 N–H and O–H groups in total. The number of hydrogen-bond donors (Lipinski definition) is 2.